The number of aliphatic hydroxyl groups is 1. The van der Waals surface area contributed by atoms with E-state index in [1.54, 1.807) is 0 Å². The highest BCUT2D eigenvalue weighted by atomic mass is 16.7. The van der Waals surface area contributed by atoms with Crippen molar-refractivity contribution >= 4 is 5.97 Å². The van der Waals surface area contributed by atoms with Crippen molar-refractivity contribution in [2.75, 3.05) is 20.8 Å². The number of esters is 1. The summed E-state index contributed by atoms with van der Waals surface area (Å²) in [5, 5.41) is 10.0. The van der Waals surface area contributed by atoms with E-state index in [-0.39, 0.29) is 12.6 Å². The maximum absolute atomic E-state index is 11.1. The van der Waals surface area contributed by atoms with Gasteiger partial charge in [-0.1, -0.05) is 0 Å². The summed E-state index contributed by atoms with van der Waals surface area (Å²) in [5.74, 6) is -1.93. The van der Waals surface area contributed by atoms with Crippen LogP contribution in [0, 0.1) is 5.92 Å². The van der Waals surface area contributed by atoms with Gasteiger partial charge in [-0.25, -0.2) is 0 Å². The average molecular weight is 188 g/mol. The summed E-state index contributed by atoms with van der Waals surface area (Å²) in [6.07, 6.45) is 0.356. The molecular weight excluding hydrogens is 176 g/mol. The van der Waals surface area contributed by atoms with Crippen LogP contribution in [0.5, 0.6) is 0 Å². The van der Waals surface area contributed by atoms with Crippen LogP contribution in [-0.4, -0.2) is 43.3 Å². The van der Waals surface area contributed by atoms with Crippen molar-refractivity contribution in [2.24, 2.45) is 5.92 Å². The number of methoxy groups -OCH3 is 2. The zero-order chi connectivity index (χ0) is 9.69. The number of carbonyl (C=O) groups excluding carboxylic acids is 1. The van der Waals surface area contributed by atoms with E-state index >= 15 is 0 Å². The fraction of sp³-hybridized carbons (Fsp3) is 0.875. The van der Waals surface area contributed by atoms with E-state index in [0.29, 0.717) is 6.42 Å². The van der Waals surface area contributed by atoms with Crippen molar-refractivity contribution in [2.45, 2.75) is 17.8 Å². The molecule has 5 heteroatoms. The first-order valence-corrected chi connectivity index (χ1v) is 4.09. The Hall–Kier alpha value is -0.650. The minimum absolute atomic E-state index is 0.0435. The first kappa shape index (κ1) is 8.93. The van der Waals surface area contributed by atoms with Gasteiger partial charge in [0.05, 0.1) is 5.92 Å². The predicted octanol–water partition coefficient (Wildman–Crippen LogP) is -0.717. The first-order valence-electron chi connectivity index (χ1n) is 4.09. The monoisotopic (exact) mass is 188 g/mol. The number of fused-ring (bicyclic) bond motifs is 1. The molecule has 1 aliphatic heterocycles. The summed E-state index contributed by atoms with van der Waals surface area (Å²) >= 11 is 0. The number of rotatable bonds is 2. The van der Waals surface area contributed by atoms with E-state index in [1.165, 1.54) is 14.2 Å². The van der Waals surface area contributed by atoms with Crippen molar-refractivity contribution in [1.82, 2.24) is 0 Å². The second kappa shape index (κ2) is 2.43. The summed E-state index contributed by atoms with van der Waals surface area (Å²) in [5.41, 5.74) is -1.30. The standard InChI is InChI=1S/C8H12O5/c1-11-8(12-2)3-5-6(9)13-4-7(5,8)10/h5,10H,3-4H2,1-2H3. The topological polar surface area (TPSA) is 65.0 Å². The molecule has 2 rings (SSSR count). The van der Waals surface area contributed by atoms with Crippen molar-refractivity contribution < 1.29 is 24.1 Å². The number of carbonyl (C=O) groups is 1. The van der Waals surface area contributed by atoms with Crippen LogP contribution >= 0.6 is 0 Å². The molecule has 0 bridgehead atoms. The maximum atomic E-state index is 11.1. The molecule has 1 aliphatic carbocycles. The van der Waals surface area contributed by atoms with Crippen LogP contribution in [0.25, 0.3) is 0 Å². The molecule has 0 aromatic heterocycles. The van der Waals surface area contributed by atoms with Crippen LogP contribution in [-0.2, 0) is 19.0 Å². The van der Waals surface area contributed by atoms with Crippen LogP contribution in [0.15, 0.2) is 0 Å². The fourth-order valence-electron chi connectivity index (χ4n) is 2.12. The van der Waals surface area contributed by atoms with Crippen molar-refractivity contribution in [3.05, 3.63) is 0 Å². The van der Waals surface area contributed by atoms with E-state index in [2.05, 4.69) is 0 Å². The minimum Gasteiger partial charge on any atom is -0.462 e. The van der Waals surface area contributed by atoms with Gasteiger partial charge in [-0.3, -0.25) is 4.79 Å². The quantitative estimate of drug-likeness (QED) is 0.458. The third-order valence-electron chi connectivity index (χ3n) is 3.09. The number of hydrogen-bond donors (Lipinski definition) is 1. The Kier molecular flexibility index (Phi) is 1.67. The summed E-state index contributed by atoms with van der Waals surface area (Å²) in [4.78, 5) is 11.1. The molecule has 0 aromatic rings. The first-order chi connectivity index (χ1) is 6.09. The van der Waals surface area contributed by atoms with Crippen molar-refractivity contribution in [3.8, 4) is 0 Å². The summed E-state index contributed by atoms with van der Waals surface area (Å²) in [6.45, 7) is -0.0435. The van der Waals surface area contributed by atoms with E-state index in [1.807, 2.05) is 0 Å². The fourth-order valence-corrected chi connectivity index (χ4v) is 2.12. The molecule has 0 radical (unpaired) electrons. The lowest BCUT2D eigenvalue weighted by atomic mass is 9.65. The molecule has 0 aromatic carbocycles. The van der Waals surface area contributed by atoms with Gasteiger partial charge >= 0.3 is 5.97 Å². The summed E-state index contributed by atoms with van der Waals surface area (Å²) in [7, 11) is 2.89. The molecule has 2 aliphatic rings. The minimum atomic E-state index is -1.30. The normalized spacial score (nSPS) is 40.8. The highest BCUT2D eigenvalue weighted by molar-refractivity contribution is 5.78. The van der Waals surface area contributed by atoms with Gasteiger partial charge in [-0.2, -0.15) is 0 Å². The second-order valence-corrected chi connectivity index (χ2v) is 3.45. The van der Waals surface area contributed by atoms with E-state index in [9.17, 15) is 9.90 Å². The largest absolute Gasteiger partial charge is 0.462 e. The van der Waals surface area contributed by atoms with E-state index in [0.717, 1.165) is 0 Å². The van der Waals surface area contributed by atoms with Crippen LogP contribution < -0.4 is 0 Å². The predicted molar refractivity (Wildman–Crippen MR) is 40.8 cm³/mol. The van der Waals surface area contributed by atoms with Crippen molar-refractivity contribution in [1.29, 1.82) is 0 Å². The Morgan fingerprint density at radius 2 is 2.15 bits per heavy atom. The molecule has 1 saturated heterocycles. The Morgan fingerprint density at radius 1 is 1.54 bits per heavy atom. The lowest BCUT2D eigenvalue weighted by Crippen LogP contribution is -2.71. The third-order valence-corrected chi connectivity index (χ3v) is 3.09. The Morgan fingerprint density at radius 3 is 2.62 bits per heavy atom. The molecular formula is C8H12O5. The van der Waals surface area contributed by atoms with Gasteiger partial charge in [0.1, 0.15) is 6.61 Å². The molecule has 1 heterocycles. The highest BCUT2D eigenvalue weighted by Gasteiger charge is 2.73. The van der Waals surface area contributed by atoms with Gasteiger partial charge in [-0.05, 0) is 0 Å². The van der Waals surface area contributed by atoms with Crippen LogP contribution in [0.1, 0.15) is 6.42 Å². The number of hydrogen-bond acceptors (Lipinski definition) is 5. The third kappa shape index (κ3) is 0.794. The van der Waals surface area contributed by atoms with Gasteiger partial charge in [0, 0.05) is 20.6 Å². The van der Waals surface area contributed by atoms with Gasteiger partial charge in [0.25, 0.3) is 0 Å². The highest BCUT2D eigenvalue weighted by Crippen LogP contribution is 2.53. The van der Waals surface area contributed by atoms with Crippen LogP contribution in [0.2, 0.25) is 0 Å². The zero-order valence-electron chi connectivity index (χ0n) is 7.57. The lowest BCUT2D eigenvalue weighted by Gasteiger charge is -2.52. The van der Waals surface area contributed by atoms with Crippen LogP contribution in [0.3, 0.4) is 0 Å². The Balaban J connectivity index is 2.27. The molecule has 0 spiro atoms. The molecule has 5 nitrogen and oxygen atoms in total. The average Bonchev–Trinajstić information content (AvgIpc) is 2.34. The molecule has 1 N–H and O–H groups in total. The number of cyclic esters (lactones) is 1. The molecule has 2 unspecified atom stereocenters. The Bertz CT molecular complexity index is 247. The molecule has 13 heavy (non-hydrogen) atoms. The molecule has 1 saturated carbocycles. The van der Waals surface area contributed by atoms with Gasteiger partial charge in [0.2, 0.25) is 5.79 Å². The van der Waals surface area contributed by atoms with Gasteiger partial charge in [0.15, 0.2) is 5.60 Å². The summed E-state index contributed by atoms with van der Waals surface area (Å²) in [6, 6.07) is 0. The second-order valence-electron chi connectivity index (χ2n) is 3.45. The smallest absolute Gasteiger partial charge is 0.312 e. The van der Waals surface area contributed by atoms with Crippen molar-refractivity contribution in [3.63, 3.8) is 0 Å². The summed E-state index contributed by atoms with van der Waals surface area (Å²) < 4.78 is 14.9. The van der Waals surface area contributed by atoms with E-state index < -0.39 is 17.3 Å². The SMILES string of the molecule is COC1(OC)CC2C(=O)OCC21O. The molecule has 2 fully saturated rings. The van der Waals surface area contributed by atoms with E-state index in [4.69, 9.17) is 14.2 Å². The van der Waals surface area contributed by atoms with Crippen LogP contribution in [0.4, 0.5) is 0 Å². The van der Waals surface area contributed by atoms with Gasteiger partial charge in [-0.15, -0.1) is 0 Å². The zero-order valence-corrected chi connectivity index (χ0v) is 7.57. The van der Waals surface area contributed by atoms with Gasteiger partial charge < -0.3 is 19.3 Å². The molecule has 0 amide bonds. The molecule has 2 atom stereocenters. The Labute approximate surface area is 75.6 Å². The maximum Gasteiger partial charge on any atom is 0.312 e. The number of ether oxygens (including phenoxy) is 3. The molecule has 74 valence electrons. The lowest BCUT2D eigenvalue weighted by molar-refractivity contribution is -0.365.